The van der Waals surface area contributed by atoms with Crippen molar-refractivity contribution in [1.29, 1.82) is 0 Å². The molecular formula is C27H26BrNO5. The SMILES string of the molecule is CCCOC(=O)C1=C(C)NC2=C(C(=O)C[C@H](c3ccccc3)C2)[C@H]1c1cc2c(cc1Br)OCO2. The van der Waals surface area contributed by atoms with Gasteiger partial charge in [-0.3, -0.25) is 4.79 Å². The van der Waals surface area contributed by atoms with E-state index in [0.717, 1.165) is 27.7 Å². The molecule has 0 spiro atoms. The Morgan fingerprint density at radius 3 is 2.62 bits per heavy atom. The van der Waals surface area contributed by atoms with Gasteiger partial charge in [0.15, 0.2) is 17.3 Å². The minimum absolute atomic E-state index is 0.0328. The molecule has 2 heterocycles. The summed E-state index contributed by atoms with van der Waals surface area (Å²) >= 11 is 3.66. The lowest BCUT2D eigenvalue weighted by Gasteiger charge is -2.37. The molecule has 0 saturated carbocycles. The third-order valence-electron chi connectivity index (χ3n) is 6.56. The number of ketones is 1. The number of hydrogen-bond acceptors (Lipinski definition) is 6. The lowest BCUT2D eigenvalue weighted by molar-refractivity contribution is -0.139. The molecule has 0 unspecified atom stereocenters. The van der Waals surface area contributed by atoms with Crippen molar-refractivity contribution in [2.75, 3.05) is 13.4 Å². The molecule has 0 fully saturated rings. The zero-order valence-corrected chi connectivity index (χ0v) is 20.7. The van der Waals surface area contributed by atoms with Gasteiger partial charge < -0.3 is 19.5 Å². The van der Waals surface area contributed by atoms with Crippen LogP contribution in [0.15, 0.2) is 69.5 Å². The molecule has 1 aliphatic carbocycles. The van der Waals surface area contributed by atoms with E-state index >= 15 is 0 Å². The van der Waals surface area contributed by atoms with Crippen LogP contribution in [-0.2, 0) is 14.3 Å². The van der Waals surface area contributed by atoms with E-state index in [2.05, 4.69) is 33.4 Å². The molecule has 0 amide bonds. The van der Waals surface area contributed by atoms with Crippen LogP contribution < -0.4 is 14.8 Å². The third kappa shape index (κ3) is 4.02. The van der Waals surface area contributed by atoms with Crippen molar-refractivity contribution < 1.29 is 23.8 Å². The molecule has 0 saturated heterocycles. The van der Waals surface area contributed by atoms with E-state index in [1.807, 2.05) is 44.2 Å². The van der Waals surface area contributed by atoms with Crippen LogP contribution >= 0.6 is 15.9 Å². The number of carbonyl (C=O) groups excluding carboxylic acids is 2. The first-order valence-corrected chi connectivity index (χ1v) is 12.3. The van der Waals surface area contributed by atoms with Gasteiger partial charge in [-0.15, -0.1) is 0 Å². The molecule has 3 aliphatic rings. The number of allylic oxidation sites excluding steroid dienone is 3. The molecule has 2 aromatic rings. The number of dihydropyridines is 1. The van der Waals surface area contributed by atoms with Gasteiger partial charge in [-0.25, -0.2) is 4.79 Å². The number of halogens is 1. The average molecular weight is 524 g/mol. The Balaban J connectivity index is 1.62. The first-order valence-electron chi connectivity index (χ1n) is 11.5. The minimum Gasteiger partial charge on any atom is -0.462 e. The summed E-state index contributed by atoms with van der Waals surface area (Å²) in [5.74, 6) is 0.379. The Morgan fingerprint density at radius 1 is 1.15 bits per heavy atom. The molecule has 7 heteroatoms. The second-order valence-corrected chi connectivity index (χ2v) is 9.65. The summed E-state index contributed by atoms with van der Waals surface area (Å²) in [5.41, 5.74) is 4.58. The molecule has 5 rings (SSSR count). The summed E-state index contributed by atoms with van der Waals surface area (Å²) in [7, 11) is 0. The number of rotatable bonds is 5. The molecule has 2 atom stereocenters. The summed E-state index contributed by atoms with van der Waals surface area (Å²) < 4.78 is 17.4. The number of nitrogens with one attached hydrogen (secondary N) is 1. The highest BCUT2D eigenvalue weighted by atomic mass is 79.9. The van der Waals surface area contributed by atoms with Crippen LogP contribution in [0.4, 0.5) is 0 Å². The van der Waals surface area contributed by atoms with E-state index in [1.165, 1.54) is 0 Å². The van der Waals surface area contributed by atoms with Crippen molar-refractivity contribution in [3.63, 3.8) is 0 Å². The van der Waals surface area contributed by atoms with E-state index < -0.39 is 11.9 Å². The maximum Gasteiger partial charge on any atom is 0.336 e. The van der Waals surface area contributed by atoms with E-state index in [9.17, 15) is 9.59 Å². The number of hydrogen-bond donors (Lipinski definition) is 1. The van der Waals surface area contributed by atoms with Gasteiger partial charge in [0.05, 0.1) is 12.2 Å². The van der Waals surface area contributed by atoms with Gasteiger partial charge in [-0.2, -0.15) is 0 Å². The van der Waals surface area contributed by atoms with E-state index in [-0.39, 0.29) is 18.5 Å². The molecule has 1 N–H and O–H groups in total. The van der Waals surface area contributed by atoms with Gasteiger partial charge in [0.1, 0.15) is 0 Å². The quantitative estimate of drug-likeness (QED) is 0.522. The zero-order chi connectivity index (χ0) is 23.8. The largest absolute Gasteiger partial charge is 0.462 e. The zero-order valence-electron chi connectivity index (χ0n) is 19.2. The highest BCUT2D eigenvalue weighted by molar-refractivity contribution is 9.10. The van der Waals surface area contributed by atoms with Gasteiger partial charge in [0.2, 0.25) is 6.79 Å². The van der Waals surface area contributed by atoms with Crippen LogP contribution in [0, 0.1) is 0 Å². The fraction of sp³-hybridized carbons (Fsp3) is 0.333. The number of Topliss-reactive ketones (excluding diaryl/α,β-unsaturated/α-hetero) is 1. The summed E-state index contributed by atoms with van der Waals surface area (Å²) in [4.78, 5) is 26.9. The van der Waals surface area contributed by atoms with Gasteiger partial charge in [0, 0.05) is 33.8 Å². The fourth-order valence-electron chi connectivity index (χ4n) is 5.01. The topological polar surface area (TPSA) is 73.9 Å². The van der Waals surface area contributed by atoms with Crippen molar-refractivity contribution in [2.45, 2.75) is 44.9 Å². The second kappa shape index (κ2) is 9.29. The van der Waals surface area contributed by atoms with E-state index in [0.29, 0.717) is 47.8 Å². The first kappa shape index (κ1) is 22.7. The molecule has 0 aromatic heterocycles. The number of benzene rings is 2. The fourth-order valence-corrected chi connectivity index (χ4v) is 5.56. The summed E-state index contributed by atoms with van der Waals surface area (Å²) in [6.45, 7) is 4.29. The van der Waals surface area contributed by atoms with Crippen molar-refractivity contribution >= 4 is 27.7 Å². The Hall–Kier alpha value is -3.06. The molecule has 6 nitrogen and oxygen atoms in total. The van der Waals surface area contributed by atoms with Crippen molar-refractivity contribution in [1.82, 2.24) is 5.32 Å². The molecule has 0 bridgehead atoms. The van der Waals surface area contributed by atoms with Crippen molar-refractivity contribution in [2.24, 2.45) is 0 Å². The summed E-state index contributed by atoms with van der Waals surface area (Å²) in [6.07, 6.45) is 1.80. The molecule has 0 radical (unpaired) electrons. The standard InChI is InChI=1S/C27H26BrNO5/c1-3-9-32-27(31)24-15(2)29-20-10-17(16-7-5-4-6-8-16)11-21(30)26(20)25(24)18-12-22-23(13-19(18)28)34-14-33-22/h4-8,12-13,17,25,29H,3,9-11,14H2,1-2H3/t17-,25+/m1/s1. The Kier molecular flexibility index (Phi) is 6.21. The number of esters is 1. The number of fused-ring (bicyclic) bond motifs is 1. The highest BCUT2D eigenvalue weighted by Crippen LogP contribution is 2.49. The van der Waals surface area contributed by atoms with E-state index in [1.54, 1.807) is 0 Å². The van der Waals surface area contributed by atoms with Crippen LogP contribution in [0.5, 0.6) is 11.5 Å². The van der Waals surface area contributed by atoms with Crippen molar-refractivity contribution in [3.05, 3.63) is 80.6 Å². The Morgan fingerprint density at radius 2 is 1.88 bits per heavy atom. The normalized spacial score (nSPS) is 21.3. The van der Waals surface area contributed by atoms with E-state index in [4.69, 9.17) is 14.2 Å². The minimum atomic E-state index is -0.561. The maximum atomic E-state index is 13.7. The number of carbonyl (C=O) groups is 2. The van der Waals surface area contributed by atoms with Crippen LogP contribution in [0.1, 0.15) is 56.1 Å². The van der Waals surface area contributed by atoms with Crippen LogP contribution in [0.3, 0.4) is 0 Å². The molecular weight excluding hydrogens is 498 g/mol. The monoisotopic (exact) mass is 523 g/mol. The van der Waals surface area contributed by atoms with Gasteiger partial charge >= 0.3 is 5.97 Å². The van der Waals surface area contributed by atoms with Crippen LogP contribution in [-0.4, -0.2) is 25.2 Å². The third-order valence-corrected chi connectivity index (χ3v) is 7.25. The summed E-state index contributed by atoms with van der Waals surface area (Å²) in [6, 6.07) is 13.8. The molecule has 34 heavy (non-hydrogen) atoms. The van der Waals surface area contributed by atoms with Crippen LogP contribution in [0.2, 0.25) is 0 Å². The number of ether oxygens (including phenoxy) is 3. The Labute approximate surface area is 207 Å². The smallest absolute Gasteiger partial charge is 0.336 e. The lowest BCUT2D eigenvalue weighted by Crippen LogP contribution is -2.36. The predicted octanol–water partition coefficient (Wildman–Crippen LogP) is 5.49. The van der Waals surface area contributed by atoms with Crippen LogP contribution in [0.25, 0.3) is 0 Å². The molecule has 2 aromatic carbocycles. The predicted molar refractivity (Wildman–Crippen MR) is 131 cm³/mol. The maximum absolute atomic E-state index is 13.7. The van der Waals surface area contributed by atoms with Crippen molar-refractivity contribution in [3.8, 4) is 11.5 Å². The van der Waals surface area contributed by atoms with Gasteiger partial charge in [0.25, 0.3) is 0 Å². The molecule has 176 valence electrons. The Bertz CT molecular complexity index is 1220. The average Bonchev–Trinajstić information content (AvgIpc) is 3.28. The summed E-state index contributed by atoms with van der Waals surface area (Å²) in [5, 5.41) is 3.39. The highest BCUT2D eigenvalue weighted by Gasteiger charge is 2.42. The van der Waals surface area contributed by atoms with Gasteiger partial charge in [-0.1, -0.05) is 53.2 Å². The first-order chi connectivity index (χ1) is 16.5. The lowest BCUT2D eigenvalue weighted by atomic mass is 9.71. The van der Waals surface area contributed by atoms with Gasteiger partial charge in [-0.05, 0) is 48.9 Å². The molecule has 2 aliphatic heterocycles. The second-order valence-electron chi connectivity index (χ2n) is 8.79.